The zero-order chi connectivity index (χ0) is 17.5. The number of carbonyl (C=O) groups is 1. The molecule has 1 saturated heterocycles. The summed E-state index contributed by atoms with van der Waals surface area (Å²) in [5, 5.41) is 1.42. The summed E-state index contributed by atoms with van der Waals surface area (Å²) in [4.78, 5) is 23.8. The Kier molecular flexibility index (Phi) is 3.83. The quantitative estimate of drug-likeness (QED) is 0.379. The first-order valence-corrected chi connectivity index (χ1v) is 10.1. The molecular formula is C19H15N3O2S2. The van der Waals surface area contributed by atoms with E-state index in [4.69, 9.17) is 9.72 Å². The molecule has 0 unspecified atom stereocenters. The van der Waals surface area contributed by atoms with Crippen LogP contribution in [0.2, 0.25) is 0 Å². The van der Waals surface area contributed by atoms with Gasteiger partial charge in [0.25, 0.3) is 0 Å². The number of ether oxygens (including phenoxy) is 1. The Labute approximate surface area is 157 Å². The lowest BCUT2D eigenvalue weighted by atomic mass is 10.3. The van der Waals surface area contributed by atoms with Crippen LogP contribution in [-0.4, -0.2) is 29.0 Å². The maximum absolute atomic E-state index is 12.4. The molecule has 130 valence electrons. The second-order valence-electron chi connectivity index (χ2n) is 6.20. The molecule has 0 radical (unpaired) electrons. The Morgan fingerprint density at radius 1 is 0.962 bits per heavy atom. The van der Waals surface area contributed by atoms with Crippen LogP contribution in [-0.2, 0) is 0 Å². The van der Waals surface area contributed by atoms with Crippen LogP contribution in [0.25, 0.3) is 20.4 Å². The fourth-order valence-electron chi connectivity index (χ4n) is 3.11. The van der Waals surface area contributed by atoms with E-state index < -0.39 is 5.97 Å². The number of para-hydroxylation sites is 1. The zero-order valence-corrected chi connectivity index (χ0v) is 15.5. The van der Waals surface area contributed by atoms with Gasteiger partial charge in [-0.05, 0) is 37.1 Å². The van der Waals surface area contributed by atoms with Gasteiger partial charge < -0.3 is 9.64 Å². The number of esters is 1. The van der Waals surface area contributed by atoms with Crippen molar-refractivity contribution in [2.75, 3.05) is 18.0 Å². The minimum Gasteiger partial charge on any atom is -0.421 e. The molecule has 5 rings (SSSR count). The predicted octanol–water partition coefficient (Wildman–Crippen LogP) is 4.73. The Morgan fingerprint density at radius 3 is 2.62 bits per heavy atom. The summed E-state index contributed by atoms with van der Waals surface area (Å²) in [5.41, 5.74) is 1.76. The number of carbonyl (C=O) groups excluding carboxylic acids is 1. The number of aromatic nitrogens is 2. The highest BCUT2D eigenvalue weighted by atomic mass is 32.1. The Hall–Kier alpha value is -2.51. The van der Waals surface area contributed by atoms with E-state index in [1.165, 1.54) is 24.2 Å². The van der Waals surface area contributed by atoms with Gasteiger partial charge in [-0.2, -0.15) is 0 Å². The smallest absolute Gasteiger partial charge is 0.372 e. The lowest BCUT2D eigenvalue weighted by Gasteiger charge is -2.11. The number of benzene rings is 2. The van der Waals surface area contributed by atoms with E-state index in [0.717, 1.165) is 38.7 Å². The minimum absolute atomic E-state index is 0.369. The van der Waals surface area contributed by atoms with Crippen molar-refractivity contribution in [3.8, 4) is 5.75 Å². The molecule has 2 aromatic carbocycles. The van der Waals surface area contributed by atoms with E-state index in [9.17, 15) is 4.79 Å². The predicted molar refractivity (Wildman–Crippen MR) is 106 cm³/mol. The van der Waals surface area contributed by atoms with Gasteiger partial charge in [0.15, 0.2) is 5.13 Å². The lowest BCUT2D eigenvalue weighted by molar-refractivity contribution is 0.0735. The molecule has 5 nitrogen and oxygen atoms in total. The minimum atomic E-state index is -0.421. The first kappa shape index (κ1) is 15.7. The van der Waals surface area contributed by atoms with Crippen LogP contribution in [0.1, 0.15) is 22.6 Å². The molecular weight excluding hydrogens is 366 g/mol. The summed E-state index contributed by atoms with van der Waals surface area (Å²) in [6.07, 6.45) is 2.45. The molecule has 1 fully saturated rings. The summed E-state index contributed by atoms with van der Waals surface area (Å²) in [6, 6.07) is 13.3. The Bertz CT molecular complexity index is 1080. The van der Waals surface area contributed by atoms with Crippen molar-refractivity contribution in [3.05, 3.63) is 47.5 Å². The van der Waals surface area contributed by atoms with Crippen molar-refractivity contribution >= 4 is 54.2 Å². The molecule has 0 aliphatic carbocycles. The third-order valence-corrected chi connectivity index (χ3v) is 6.50. The van der Waals surface area contributed by atoms with Crippen LogP contribution >= 0.6 is 22.7 Å². The number of thiazole rings is 2. The van der Waals surface area contributed by atoms with Gasteiger partial charge in [0, 0.05) is 19.2 Å². The van der Waals surface area contributed by atoms with Gasteiger partial charge in [0.2, 0.25) is 5.01 Å². The number of anilines is 1. The maximum atomic E-state index is 12.4. The SMILES string of the molecule is O=C(Oc1ccc2nc(N3CCCC3)sc2c1)c1nc2ccccc2s1. The average Bonchev–Trinajstić information content (AvgIpc) is 3.38. The molecule has 4 aromatic rings. The van der Waals surface area contributed by atoms with Crippen LogP contribution in [0, 0.1) is 0 Å². The Balaban J connectivity index is 1.40. The van der Waals surface area contributed by atoms with Crippen molar-refractivity contribution < 1.29 is 9.53 Å². The van der Waals surface area contributed by atoms with Gasteiger partial charge in [-0.1, -0.05) is 23.5 Å². The van der Waals surface area contributed by atoms with E-state index in [2.05, 4.69) is 9.88 Å². The average molecular weight is 381 g/mol. The molecule has 2 aromatic heterocycles. The van der Waals surface area contributed by atoms with Crippen molar-refractivity contribution in [3.63, 3.8) is 0 Å². The first-order chi connectivity index (χ1) is 12.8. The molecule has 0 saturated carbocycles. The molecule has 1 aliphatic heterocycles. The van der Waals surface area contributed by atoms with Crippen LogP contribution in [0.15, 0.2) is 42.5 Å². The maximum Gasteiger partial charge on any atom is 0.372 e. The summed E-state index contributed by atoms with van der Waals surface area (Å²) in [7, 11) is 0. The van der Waals surface area contributed by atoms with Crippen molar-refractivity contribution in [2.45, 2.75) is 12.8 Å². The van der Waals surface area contributed by atoms with E-state index >= 15 is 0 Å². The van der Waals surface area contributed by atoms with Gasteiger partial charge in [-0.3, -0.25) is 0 Å². The van der Waals surface area contributed by atoms with Crippen LogP contribution < -0.4 is 9.64 Å². The summed E-state index contributed by atoms with van der Waals surface area (Å²) < 4.78 is 7.56. The zero-order valence-electron chi connectivity index (χ0n) is 13.8. The molecule has 0 spiro atoms. The topological polar surface area (TPSA) is 55.3 Å². The van der Waals surface area contributed by atoms with Crippen LogP contribution in [0.4, 0.5) is 5.13 Å². The molecule has 3 heterocycles. The van der Waals surface area contributed by atoms with Crippen LogP contribution in [0.5, 0.6) is 5.75 Å². The highest BCUT2D eigenvalue weighted by Crippen LogP contribution is 2.33. The van der Waals surface area contributed by atoms with Crippen molar-refractivity contribution in [2.24, 2.45) is 0 Å². The molecule has 26 heavy (non-hydrogen) atoms. The van der Waals surface area contributed by atoms with Gasteiger partial charge >= 0.3 is 5.97 Å². The standard InChI is InChI=1S/C19H15N3O2S2/c23-18(17-20-13-5-1-2-6-15(13)25-17)24-12-7-8-14-16(11-12)26-19(21-14)22-9-3-4-10-22/h1-2,5-8,11H,3-4,9-10H2. The summed E-state index contributed by atoms with van der Waals surface area (Å²) in [6.45, 7) is 2.14. The van der Waals surface area contributed by atoms with Crippen molar-refractivity contribution in [1.82, 2.24) is 9.97 Å². The molecule has 0 amide bonds. The fraction of sp³-hybridized carbons (Fsp3) is 0.211. The van der Waals surface area contributed by atoms with E-state index in [1.54, 1.807) is 17.4 Å². The third kappa shape index (κ3) is 2.83. The molecule has 0 atom stereocenters. The lowest BCUT2D eigenvalue weighted by Crippen LogP contribution is -2.16. The number of hydrogen-bond donors (Lipinski definition) is 0. The molecule has 1 aliphatic rings. The van der Waals surface area contributed by atoms with E-state index in [0.29, 0.717) is 10.8 Å². The van der Waals surface area contributed by atoms with Crippen molar-refractivity contribution in [1.29, 1.82) is 0 Å². The largest absolute Gasteiger partial charge is 0.421 e. The number of rotatable bonds is 3. The second kappa shape index (κ2) is 6.34. The number of hydrogen-bond acceptors (Lipinski definition) is 7. The third-order valence-electron chi connectivity index (χ3n) is 4.40. The number of nitrogens with zero attached hydrogens (tertiary/aromatic N) is 3. The summed E-state index contributed by atoms with van der Waals surface area (Å²) >= 11 is 2.99. The highest BCUT2D eigenvalue weighted by Gasteiger charge is 2.18. The monoisotopic (exact) mass is 381 g/mol. The van der Waals surface area contributed by atoms with Gasteiger partial charge in [-0.25, -0.2) is 14.8 Å². The molecule has 0 N–H and O–H groups in total. The first-order valence-electron chi connectivity index (χ1n) is 8.49. The number of fused-ring (bicyclic) bond motifs is 2. The van der Waals surface area contributed by atoms with Gasteiger partial charge in [-0.15, -0.1) is 11.3 Å². The molecule has 7 heteroatoms. The molecule has 0 bridgehead atoms. The van der Waals surface area contributed by atoms with E-state index in [1.807, 2.05) is 36.4 Å². The fourth-order valence-corrected chi connectivity index (χ4v) is 5.00. The van der Waals surface area contributed by atoms with E-state index in [-0.39, 0.29) is 0 Å². The normalized spacial score (nSPS) is 14.4. The second-order valence-corrected chi connectivity index (χ2v) is 8.24. The van der Waals surface area contributed by atoms with Gasteiger partial charge in [0.05, 0.1) is 20.4 Å². The highest BCUT2D eigenvalue weighted by molar-refractivity contribution is 7.22. The Morgan fingerprint density at radius 2 is 1.77 bits per heavy atom. The van der Waals surface area contributed by atoms with Crippen LogP contribution in [0.3, 0.4) is 0 Å². The van der Waals surface area contributed by atoms with Gasteiger partial charge in [0.1, 0.15) is 5.75 Å². The summed E-state index contributed by atoms with van der Waals surface area (Å²) in [5.74, 6) is 0.105.